The number of rotatable bonds is 3. The van der Waals surface area contributed by atoms with Gasteiger partial charge in [-0.05, 0) is 31.0 Å². The molecule has 3 aromatic rings. The normalized spacial score (nSPS) is 18.4. The third-order valence-electron chi connectivity index (χ3n) is 4.35. The first-order chi connectivity index (χ1) is 11.3. The molecule has 118 valence electrons. The Labute approximate surface area is 133 Å². The van der Waals surface area contributed by atoms with Crippen LogP contribution in [0, 0.1) is 0 Å². The van der Waals surface area contributed by atoms with E-state index in [0.717, 1.165) is 30.4 Å². The molecule has 4 rings (SSSR count). The average Bonchev–Trinajstić information content (AvgIpc) is 3.25. The van der Waals surface area contributed by atoms with Crippen molar-refractivity contribution in [2.24, 2.45) is 0 Å². The average molecular weight is 310 g/mol. The van der Waals surface area contributed by atoms with Gasteiger partial charge < -0.3 is 4.90 Å². The van der Waals surface area contributed by atoms with Crippen LogP contribution in [0.2, 0.25) is 0 Å². The van der Waals surface area contributed by atoms with E-state index >= 15 is 0 Å². The SMILES string of the molecule is O=C(Cn1nnc2ccccc21)N1CCC[C@@H](n2cccn2)C1. The Morgan fingerprint density at radius 2 is 2.17 bits per heavy atom. The Hall–Kier alpha value is -2.70. The van der Waals surface area contributed by atoms with Gasteiger partial charge in [0.1, 0.15) is 12.1 Å². The molecule has 7 heteroatoms. The molecule has 1 atom stereocenters. The smallest absolute Gasteiger partial charge is 0.244 e. The van der Waals surface area contributed by atoms with Gasteiger partial charge in [0, 0.05) is 25.5 Å². The maximum Gasteiger partial charge on any atom is 0.244 e. The summed E-state index contributed by atoms with van der Waals surface area (Å²) in [5, 5.41) is 12.5. The van der Waals surface area contributed by atoms with Gasteiger partial charge in [0.25, 0.3) is 0 Å². The van der Waals surface area contributed by atoms with Crippen molar-refractivity contribution in [2.45, 2.75) is 25.4 Å². The summed E-state index contributed by atoms with van der Waals surface area (Å²) in [6.45, 7) is 1.72. The third-order valence-corrected chi connectivity index (χ3v) is 4.35. The van der Waals surface area contributed by atoms with Crippen LogP contribution in [0.4, 0.5) is 0 Å². The van der Waals surface area contributed by atoms with Gasteiger partial charge >= 0.3 is 0 Å². The van der Waals surface area contributed by atoms with Crippen LogP contribution in [0.15, 0.2) is 42.7 Å². The van der Waals surface area contributed by atoms with Crippen molar-refractivity contribution in [2.75, 3.05) is 13.1 Å². The molecule has 0 saturated carbocycles. The van der Waals surface area contributed by atoms with Gasteiger partial charge in [0.15, 0.2) is 0 Å². The molecule has 1 aromatic carbocycles. The Kier molecular flexibility index (Phi) is 3.53. The van der Waals surface area contributed by atoms with E-state index in [2.05, 4.69) is 15.4 Å². The molecule has 1 aliphatic rings. The number of likely N-dealkylation sites (tertiary alicyclic amines) is 1. The highest BCUT2D eigenvalue weighted by Crippen LogP contribution is 2.21. The highest BCUT2D eigenvalue weighted by molar-refractivity contribution is 5.79. The van der Waals surface area contributed by atoms with E-state index in [4.69, 9.17) is 0 Å². The highest BCUT2D eigenvalue weighted by atomic mass is 16.2. The number of hydrogen-bond donors (Lipinski definition) is 0. The number of piperidine rings is 1. The van der Waals surface area contributed by atoms with Gasteiger partial charge in [-0.2, -0.15) is 5.10 Å². The van der Waals surface area contributed by atoms with E-state index in [1.807, 2.05) is 46.1 Å². The molecule has 0 N–H and O–H groups in total. The topological polar surface area (TPSA) is 68.8 Å². The molecular formula is C16H18N6O. The lowest BCUT2D eigenvalue weighted by Crippen LogP contribution is -2.42. The number of para-hydroxylation sites is 1. The second-order valence-corrected chi connectivity index (χ2v) is 5.86. The standard InChI is InChI=1S/C16H18N6O/c23-16(12-22-15-7-2-1-6-14(15)18-19-22)20-9-3-5-13(11-20)21-10-4-8-17-21/h1-2,4,6-8,10,13H,3,5,9,11-12H2/t13-/m1/s1. The molecule has 3 heterocycles. The van der Waals surface area contributed by atoms with Gasteiger partial charge in [-0.3, -0.25) is 9.48 Å². The fraction of sp³-hybridized carbons (Fsp3) is 0.375. The van der Waals surface area contributed by atoms with Gasteiger partial charge in [0.2, 0.25) is 5.91 Å². The quantitative estimate of drug-likeness (QED) is 0.735. The predicted octanol–water partition coefficient (Wildman–Crippen LogP) is 1.49. The lowest BCUT2D eigenvalue weighted by atomic mass is 10.1. The number of amides is 1. The van der Waals surface area contributed by atoms with Crippen LogP contribution in [0.25, 0.3) is 11.0 Å². The maximum atomic E-state index is 12.6. The molecule has 2 aromatic heterocycles. The van der Waals surface area contributed by atoms with Gasteiger partial charge in [-0.15, -0.1) is 5.10 Å². The first-order valence-electron chi connectivity index (χ1n) is 7.86. The number of benzene rings is 1. The number of aromatic nitrogens is 5. The van der Waals surface area contributed by atoms with Crippen molar-refractivity contribution in [3.8, 4) is 0 Å². The monoisotopic (exact) mass is 310 g/mol. The minimum atomic E-state index is 0.0810. The van der Waals surface area contributed by atoms with E-state index < -0.39 is 0 Å². The van der Waals surface area contributed by atoms with E-state index in [1.54, 1.807) is 10.9 Å². The maximum absolute atomic E-state index is 12.6. The lowest BCUT2D eigenvalue weighted by molar-refractivity contribution is -0.133. The molecular weight excluding hydrogens is 292 g/mol. The largest absolute Gasteiger partial charge is 0.339 e. The Morgan fingerprint density at radius 3 is 3.04 bits per heavy atom. The molecule has 0 unspecified atom stereocenters. The second-order valence-electron chi connectivity index (χ2n) is 5.86. The summed E-state index contributed by atoms with van der Waals surface area (Å²) in [5.41, 5.74) is 1.70. The fourth-order valence-corrected chi connectivity index (χ4v) is 3.16. The van der Waals surface area contributed by atoms with E-state index in [0.29, 0.717) is 6.54 Å². The van der Waals surface area contributed by atoms with Crippen molar-refractivity contribution < 1.29 is 4.79 Å². The Bertz CT molecular complexity index is 809. The third kappa shape index (κ3) is 2.69. The summed E-state index contributed by atoms with van der Waals surface area (Å²) in [5.74, 6) is 0.0810. The molecule has 0 aliphatic carbocycles. The van der Waals surface area contributed by atoms with Gasteiger partial charge in [-0.1, -0.05) is 17.3 Å². The minimum absolute atomic E-state index is 0.0810. The summed E-state index contributed by atoms with van der Waals surface area (Å²) >= 11 is 0. The summed E-state index contributed by atoms with van der Waals surface area (Å²) in [6, 6.07) is 9.87. The summed E-state index contributed by atoms with van der Waals surface area (Å²) in [4.78, 5) is 14.5. The molecule has 1 fully saturated rings. The van der Waals surface area contributed by atoms with Crippen LogP contribution in [-0.2, 0) is 11.3 Å². The van der Waals surface area contributed by atoms with Crippen LogP contribution in [0.3, 0.4) is 0 Å². The summed E-state index contributed by atoms with van der Waals surface area (Å²) in [6.07, 6.45) is 5.79. The molecule has 1 saturated heterocycles. The molecule has 0 spiro atoms. The van der Waals surface area contributed by atoms with Crippen molar-refractivity contribution in [1.29, 1.82) is 0 Å². The molecule has 0 bridgehead atoms. The highest BCUT2D eigenvalue weighted by Gasteiger charge is 2.25. The Balaban J connectivity index is 1.48. The number of carbonyl (C=O) groups excluding carboxylic acids is 1. The van der Waals surface area contributed by atoms with Crippen molar-refractivity contribution in [3.05, 3.63) is 42.7 Å². The molecule has 0 radical (unpaired) electrons. The number of fused-ring (bicyclic) bond motifs is 1. The molecule has 23 heavy (non-hydrogen) atoms. The predicted molar refractivity (Wildman–Crippen MR) is 84.6 cm³/mol. The first-order valence-corrected chi connectivity index (χ1v) is 7.86. The van der Waals surface area contributed by atoms with Crippen LogP contribution in [0.5, 0.6) is 0 Å². The Morgan fingerprint density at radius 1 is 1.26 bits per heavy atom. The molecule has 1 amide bonds. The van der Waals surface area contributed by atoms with E-state index in [-0.39, 0.29) is 18.5 Å². The fourth-order valence-electron chi connectivity index (χ4n) is 3.16. The van der Waals surface area contributed by atoms with Crippen LogP contribution in [0.1, 0.15) is 18.9 Å². The van der Waals surface area contributed by atoms with E-state index in [9.17, 15) is 4.79 Å². The minimum Gasteiger partial charge on any atom is -0.339 e. The number of nitrogens with zero attached hydrogens (tertiary/aromatic N) is 6. The van der Waals surface area contributed by atoms with Crippen molar-refractivity contribution in [3.63, 3.8) is 0 Å². The van der Waals surface area contributed by atoms with Crippen LogP contribution >= 0.6 is 0 Å². The number of carbonyl (C=O) groups is 1. The van der Waals surface area contributed by atoms with E-state index in [1.165, 1.54) is 0 Å². The molecule has 7 nitrogen and oxygen atoms in total. The zero-order valence-electron chi connectivity index (χ0n) is 12.7. The second kappa shape index (κ2) is 5.83. The van der Waals surface area contributed by atoms with Crippen LogP contribution in [-0.4, -0.2) is 48.7 Å². The zero-order valence-corrected chi connectivity index (χ0v) is 12.7. The zero-order chi connectivity index (χ0) is 15.6. The first kappa shape index (κ1) is 13.9. The van der Waals surface area contributed by atoms with Gasteiger partial charge in [-0.25, -0.2) is 4.68 Å². The van der Waals surface area contributed by atoms with Gasteiger partial charge in [0.05, 0.1) is 11.6 Å². The van der Waals surface area contributed by atoms with Crippen molar-refractivity contribution >= 4 is 16.9 Å². The molecule has 1 aliphatic heterocycles. The number of hydrogen-bond acceptors (Lipinski definition) is 4. The van der Waals surface area contributed by atoms with Crippen LogP contribution < -0.4 is 0 Å². The lowest BCUT2D eigenvalue weighted by Gasteiger charge is -2.32. The summed E-state index contributed by atoms with van der Waals surface area (Å²) in [7, 11) is 0. The summed E-state index contributed by atoms with van der Waals surface area (Å²) < 4.78 is 3.62. The van der Waals surface area contributed by atoms with Crippen molar-refractivity contribution in [1.82, 2.24) is 29.7 Å².